The summed E-state index contributed by atoms with van der Waals surface area (Å²) in [5, 5.41) is 0. The van der Waals surface area contributed by atoms with E-state index in [9.17, 15) is 13.2 Å². The summed E-state index contributed by atoms with van der Waals surface area (Å²) in [7, 11) is -3.63. The number of rotatable bonds is 5. The number of amides is 1. The van der Waals surface area contributed by atoms with Crippen LogP contribution in [0.3, 0.4) is 0 Å². The van der Waals surface area contributed by atoms with Crippen molar-refractivity contribution in [2.75, 3.05) is 26.2 Å². The zero-order chi connectivity index (χ0) is 18.0. The average Bonchev–Trinajstić information content (AvgIpc) is 3.11. The Labute approximate surface area is 152 Å². The topological polar surface area (TPSA) is 83.5 Å². The standard InChI is InChI=1S/C16H22N4O3S2/c1-3-19(4-2)16(21)12-8-10-20(11-9-12)25(22,23)14-7-5-6-13-15(14)18-24-17-13/h5-7,12H,3-4,8-11H2,1-2H3. The second-order valence-electron chi connectivity index (χ2n) is 6.08. The Bertz CT molecular complexity index is 853. The van der Waals surface area contributed by atoms with Gasteiger partial charge in [0.25, 0.3) is 0 Å². The minimum absolute atomic E-state index is 0.0944. The fourth-order valence-electron chi connectivity index (χ4n) is 3.27. The van der Waals surface area contributed by atoms with Gasteiger partial charge in [-0.05, 0) is 38.8 Å². The Morgan fingerprint density at radius 2 is 1.92 bits per heavy atom. The molecule has 7 nitrogen and oxygen atoms in total. The first-order valence-electron chi connectivity index (χ1n) is 8.49. The second kappa shape index (κ2) is 7.35. The van der Waals surface area contributed by atoms with Crippen molar-refractivity contribution in [2.24, 2.45) is 5.92 Å². The van der Waals surface area contributed by atoms with Crippen molar-refractivity contribution in [1.29, 1.82) is 0 Å². The van der Waals surface area contributed by atoms with Crippen molar-refractivity contribution in [3.8, 4) is 0 Å². The lowest BCUT2D eigenvalue weighted by Crippen LogP contribution is -2.44. The molecule has 1 aliphatic rings. The van der Waals surface area contributed by atoms with Gasteiger partial charge in [-0.2, -0.15) is 13.1 Å². The summed E-state index contributed by atoms with van der Waals surface area (Å²) in [6.07, 6.45) is 1.11. The lowest BCUT2D eigenvalue weighted by molar-refractivity contribution is -0.136. The monoisotopic (exact) mass is 382 g/mol. The lowest BCUT2D eigenvalue weighted by atomic mass is 9.96. The van der Waals surface area contributed by atoms with E-state index in [1.54, 1.807) is 18.2 Å². The first-order valence-corrected chi connectivity index (χ1v) is 10.7. The molecular formula is C16H22N4O3S2. The van der Waals surface area contributed by atoms with Crippen LogP contribution in [0.15, 0.2) is 23.1 Å². The summed E-state index contributed by atoms with van der Waals surface area (Å²) >= 11 is 1.01. The van der Waals surface area contributed by atoms with Gasteiger partial charge in [0.15, 0.2) is 0 Å². The molecule has 1 aromatic heterocycles. The van der Waals surface area contributed by atoms with Gasteiger partial charge in [-0.3, -0.25) is 4.79 Å². The molecule has 0 N–H and O–H groups in total. The van der Waals surface area contributed by atoms with E-state index >= 15 is 0 Å². The summed E-state index contributed by atoms with van der Waals surface area (Å²) < 4.78 is 35.7. The zero-order valence-electron chi connectivity index (χ0n) is 14.4. The first kappa shape index (κ1) is 18.2. The van der Waals surface area contributed by atoms with E-state index in [1.165, 1.54) is 4.31 Å². The molecule has 9 heteroatoms. The maximum atomic E-state index is 13.0. The van der Waals surface area contributed by atoms with E-state index < -0.39 is 10.0 Å². The highest BCUT2D eigenvalue weighted by Gasteiger charge is 2.34. The van der Waals surface area contributed by atoms with Gasteiger partial charge in [-0.15, -0.1) is 0 Å². The number of aromatic nitrogens is 2. The van der Waals surface area contributed by atoms with Crippen molar-refractivity contribution in [3.05, 3.63) is 18.2 Å². The van der Waals surface area contributed by atoms with Crippen molar-refractivity contribution < 1.29 is 13.2 Å². The van der Waals surface area contributed by atoms with Crippen LogP contribution in [-0.4, -0.2) is 58.5 Å². The molecule has 25 heavy (non-hydrogen) atoms. The quantitative estimate of drug-likeness (QED) is 0.789. The molecule has 1 aromatic carbocycles. The van der Waals surface area contributed by atoms with Crippen LogP contribution in [-0.2, 0) is 14.8 Å². The molecule has 0 saturated carbocycles. The Hall–Kier alpha value is -1.58. The molecule has 1 amide bonds. The molecule has 3 rings (SSSR count). The van der Waals surface area contributed by atoms with Crippen molar-refractivity contribution in [2.45, 2.75) is 31.6 Å². The van der Waals surface area contributed by atoms with E-state index in [0.717, 1.165) is 11.7 Å². The number of benzene rings is 1. The highest BCUT2D eigenvalue weighted by atomic mass is 32.2. The van der Waals surface area contributed by atoms with Gasteiger partial charge in [0, 0.05) is 32.1 Å². The summed E-state index contributed by atoms with van der Waals surface area (Å²) in [4.78, 5) is 14.5. The minimum atomic E-state index is -3.63. The third-order valence-corrected chi connectivity index (χ3v) is 7.22. The van der Waals surface area contributed by atoms with E-state index in [0.29, 0.717) is 50.1 Å². The van der Waals surface area contributed by atoms with E-state index in [-0.39, 0.29) is 16.7 Å². The van der Waals surface area contributed by atoms with E-state index in [2.05, 4.69) is 8.75 Å². The average molecular weight is 383 g/mol. The number of nitrogens with zero attached hydrogens (tertiary/aromatic N) is 4. The van der Waals surface area contributed by atoms with Gasteiger partial charge in [-0.1, -0.05) is 6.07 Å². The fourth-order valence-corrected chi connectivity index (χ4v) is 5.49. The third-order valence-electron chi connectivity index (χ3n) is 4.75. The molecule has 0 spiro atoms. The highest BCUT2D eigenvalue weighted by molar-refractivity contribution is 7.89. The molecule has 2 heterocycles. The van der Waals surface area contributed by atoms with Crippen molar-refractivity contribution in [3.63, 3.8) is 0 Å². The van der Waals surface area contributed by atoms with Crippen LogP contribution in [0.25, 0.3) is 11.0 Å². The molecule has 0 unspecified atom stereocenters. The maximum Gasteiger partial charge on any atom is 0.245 e. The molecule has 2 aromatic rings. The van der Waals surface area contributed by atoms with Gasteiger partial charge in [0.05, 0.1) is 11.7 Å². The van der Waals surface area contributed by atoms with E-state index in [1.807, 2.05) is 18.7 Å². The van der Waals surface area contributed by atoms with Gasteiger partial charge in [-0.25, -0.2) is 8.42 Å². The third kappa shape index (κ3) is 3.40. The van der Waals surface area contributed by atoms with Crippen LogP contribution < -0.4 is 0 Å². The van der Waals surface area contributed by atoms with Crippen LogP contribution in [0.5, 0.6) is 0 Å². The molecule has 0 radical (unpaired) electrons. The predicted molar refractivity (Wildman–Crippen MR) is 96.8 cm³/mol. The molecule has 136 valence electrons. The van der Waals surface area contributed by atoms with Crippen LogP contribution >= 0.6 is 11.7 Å². The van der Waals surface area contributed by atoms with Crippen molar-refractivity contribution in [1.82, 2.24) is 18.0 Å². The van der Waals surface area contributed by atoms with Crippen LogP contribution in [0.4, 0.5) is 0 Å². The van der Waals surface area contributed by atoms with E-state index in [4.69, 9.17) is 0 Å². The summed E-state index contributed by atoms with van der Waals surface area (Å²) in [6, 6.07) is 5.02. The molecule has 1 aliphatic heterocycles. The second-order valence-corrected chi connectivity index (χ2v) is 8.51. The molecule has 1 saturated heterocycles. The Balaban J connectivity index is 1.76. The number of carbonyl (C=O) groups excluding carboxylic acids is 1. The predicted octanol–water partition coefficient (Wildman–Crippen LogP) is 1.96. The summed E-state index contributed by atoms with van der Waals surface area (Å²) in [5.74, 6) is 0.0379. The van der Waals surface area contributed by atoms with Crippen LogP contribution in [0, 0.1) is 5.92 Å². The summed E-state index contributed by atoms with van der Waals surface area (Å²) in [6.45, 7) is 6.01. The highest BCUT2D eigenvalue weighted by Crippen LogP contribution is 2.28. The Morgan fingerprint density at radius 3 is 2.56 bits per heavy atom. The van der Waals surface area contributed by atoms with Gasteiger partial charge < -0.3 is 4.90 Å². The molecule has 0 bridgehead atoms. The molecular weight excluding hydrogens is 360 g/mol. The number of sulfonamides is 1. The molecule has 1 fully saturated rings. The minimum Gasteiger partial charge on any atom is -0.343 e. The van der Waals surface area contributed by atoms with Gasteiger partial charge in [0.2, 0.25) is 15.9 Å². The van der Waals surface area contributed by atoms with Crippen molar-refractivity contribution >= 4 is 38.7 Å². The SMILES string of the molecule is CCN(CC)C(=O)C1CCN(S(=O)(=O)c2cccc3nsnc23)CC1. The Kier molecular flexibility index (Phi) is 5.35. The summed E-state index contributed by atoms with van der Waals surface area (Å²) in [5.41, 5.74) is 1.02. The normalized spacial score (nSPS) is 17.0. The van der Waals surface area contributed by atoms with Crippen LogP contribution in [0.1, 0.15) is 26.7 Å². The number of hydrogen-bond acceptors (Lipinski definition) is 6. The van der Waals surface area contributed by atoms with Gasteiger partial charge in [0.1, 0.15) is 15.9 Å². The number of hydrogen-bond donors (Lipinski definition) is 0. The smallest absolute Gasteiger partial charge is 0.245 e. The first-order chi connectivity index (χ1) is 12.0. The maximum absolute atomic E-state index is 13.0. The zero-order valence-corrected chi connectivity index (χ0v) is 16.0. The lowest BCUT2D eigenvalue weighted by Gasteiger charge is -2.33. The molecule has 0 atom stereocenters. The van der Waals surface area contributed by atoms with Gasteiger partial charge >= 0.3 is 0 Å². The van der Waals surface area contributed by atoms with Crippen LogP contribution in [0.2, 0.25) is 0 Å². The number of fused-ring (bicyclic) bond motifs is 1. The largest absolute Gasteiger partial charge is 0.343 e. The number of carbonyl (C=O) groups is 1. The fraction of sp³-hybridized carbons (Fsp3) is 0.562. The molecule has 0 aliphatic carbocycles. The number of piperidine rings is 1. The Morgan fingerprint density at radius 1 is 1.24 bits per heavy atom.